The number of aromatic hydroxyl groups is 1. The number of phenolic OH excluding ortho intramolecular Hbond substituents is 1. The summed E-state index contributed by atoms with van der Waals surface area (Å²) in [7, 11) is 0. The van der Waals surface area contributed by atoms with Crippen molar-refractivity contribution in [2.24, 2.45) is 11.7 Å². The molecule has 0 radical (unpaired) electrons. The van der Waals surface area contributed by atoms with E-state index < -0.39 is 0 Å². The Kier molecular flexibility index (Phi) is 5.60. The molecule has 1 aliphatic rings. The van der Waals surface area contributed by atoms with E-state index in [1.54, 1.807) is 0 Å². The maximum atomic E-state index is 9.93. The highest BCUT2D eigenvalue weighted by Crippen LogP contribution is 2.39. The van der Waals surface area contributed by atoms with Crippen molar-refractivity contribution in [3.8, 4) is 5.75 Å². The van der Waals surface area contributed by atoms with Crippen LogP contribution in [0.3, 0.4) is 0 Å². The molecule has 0 amide bonds. The quantitative estimate of drug-likeness (QED) is 0.667. The fourth-order valence-electron chi connectivity index (χ4n) is 1.71. The summed E-state index contributed by atoms with van der Waals surface area (Å²) in [6.07, 6.45) is 3.61. The Morgan fingerprint density at radius 3 is 2.56 bits per heavy atom. The lowest BCUT2D eigenvalue weighted by atomic mass is 10.0. The average molecular weight is 466 g/mol. The Morgan fingerprint density at radius 1 is 1.38 bits per heavy atom. The molecule has 0 aliphatic heterocycles. The molecule has 1 atom stereocenters. The van der Waals surface area contributed by atoms with Gasteiger partial charge in [0.1, 0.15) is 5.75 Å². The molecule has 16 heavy (non-hydrogen) atoms. The summed E-state index contributed by atoms with van der Waals surface area (Å²) in [5.74, 6) is 1.15. The molecule has 3 N–H and O–H groups in total. The van der Waals surface area contributed by atoms with E-state index in [0.717, 1.165) is 25.0 Å². The first-order valence-electron chi connectivity index (χ1n) is 5.01. The SMILES string of the molecule is Cl.N[C@H](CC1CC1)c1cc(I)cc(I)c1O. The van der Waals surface area contributed by atoms with Gasteiger partial charge in [-0.15, -0.1) is 12.4 Å². The highest BCUT2D eigenvalue weighted by Gasteiger charge is 2.26. The molecule has 1 fully saturated rings. The van der Waals surface area contributed by atoms with Crippen LogP contribution >= 0.6 is 57.6 Å². The van der Waals surface area contributed by atoms with Crippen LogP contribution in [0, 0.1) is 13.1 Å². The van der Waals surface area contributed by atoms with Gasteiger partial charge >= 0.3 is 0 Å². The van der Waals surface area contributed by atoms with Crippen LogP contribution in [0.2, 0.25) is 0 Å². The second-order valence-electron chi connectivity index (χ2n) is 4.11. The number of rotatable bonds is 3. The fourth-order valence-corrected chi connectivity index (χ4v) is 3.60. The molecule has 1 aromatic carbocycles. The number of hydrogen-bond donors (Lipinski definition) is 2. The molecular formula is C11H14ClI2NO. The Hall–Kier alpha value is 0.730. The molecule has 0 spiro atoms. The van der Waals surface area contributed by atoms with E-state index in [4.69, 9.17) is 5.73 Å². The first-order chi connectivity index (χ1) is 7.08. The predicted molar refractivity (Wildman–Crippen MR) is 85.1 cm³/mol. The average Bonchev–Trinajstić information content (AvgIpc) is 2.94. The van der Waals surface area contributed by atoms with Gasteiger partial charge in [0, 0.05) is 15.2 Å². The molecule has 2 nitrogen and oxygen atoms in total. The minimum atomic E-state index is -0.0132. The van der Waals surface area contributed by atoms with Crippen molar-refractivity contribution in [1.82, 2.24) is 0 Å². The smallest absolute Gasteiger partial charge is 0.133 e. The van der Waals surface area contributed by atoms with Crippen LogP contribution in [0.4, 0.5) is 0 Å². The second-order valence-corrected chi connectivity index (χ2v) is 6.52. The zero-order valence-corrected chi connectivity index (χ0v) is 13.8. The highest BCUT2D eigenvalue weighted by molar-refractivity contribution is 14.1. The lowest BCUT2D eigenvalue weighted by Gasteiger charge is -2.14. The number of halogens is 3. The second kappa shape index (κ2) is 6.06. The van der Waals surface area contributed by atoms with E-state index in [1.165, 1.54) is 12.8 Å². The van der Waals surface area contributed by atoms with Crippen molar-refractivity contribution >= 4 is 57.6 Å². The van der Waals surface area contributed by atoms with Gasteiger partial charge in [-0.2, -0.15) is 0 Å². The predicted octanol–water partition coefficient (Wildman–Crippen LogP) is 3.82. The van der Waals surface area contributed by atoms with E-state index in [9.17, 15) is 5.11 Å². The molecule has 0 heterocycles. The van der Waals surface area contributed by atoms with Gasteiger partial charge in [0.15, 0.2) is 0 Å². The minimum Gasteiger partial charge on any atom is -0.506 e. The summed E-state index contributed by atoms with van der Waals surface area (Å²) in [6.45, 7) is 0. The summed E-state index contributed by atoms with van der Waals surface area (Å²) >= 11 is 4.41. The van der Waals surface area contributed by atoms with Crippen LogP contribution < -0.4 is 5.73 Å². The standard InChI is InChI=1S/C11H13I2NO.ClH/c12-7-4-8(11(15)9(13)5-7)10(14)3-6-1-2-6;/h4-6,10,15H,1-3,14H2;1H/t10-;/m1./s1. The molecule has 1 aliphatic carbocycles. The van der Waals surface area contributed by atoms with Crippen LogP contribution in [0.15, 0.2) is 12.1 Å². The molecule has 0 bridgehead atoms. The molecule has 2 rings (SSSR count). The van der Waals surface area contributed by atoms with Crippen molar-refractivity contribution in [1.29, 1.82) is 0 Å². The van der Waals surface area contributed by atoms with E-state index in [1.807, 2.05) is 12.1 Å². The van der Waals surface area contributed by atoms with Gasteiger partial charge in [-0.3, -0.25) is 0 Å². The summed E-state index contributed by atoms with van der Waals surface area (Å²) in [6, 6.07) is 3.94. The van der Waals surface area contributed by atoms with Gasteiger partial charge in [-0.25, -0.2) is 0 Å². The van der Waals surface area contributed by atoms with Crippen LogP contribution in [0.25, 0.3) is 0 Å². The molecule has 90 valence electrons. The Balaban J connectivity index is 0.00000128. The maximum Gasteiger partial charge on any atom is 0.133 e. The van der Waals surface area contributed by atoms with Crippen LogP contribution in [0.5, 0.6) is 5.75 Å². The zero-order valence-electron chi connectivity index (χ0n) is 8.62. The molecule has 0 unspecified atom stereocenters. The van der Waals surface area contributed by atoms with Crippen molar-refractivity contribution in [3.05, 3.63) is 24.8 Å². The highest BCUT2D eigenvalue weighted by atomic mass is 127. The maximum absolute atomic E-state index is 9.93. The third-order valence-corrected chi connectivity index (χ3v) is 4.19. The normalized spacial score (nSPS) is 16.7. The number of phenols is 1. The van der Waals surface area contributed by atoms with Gasteiger partial charge in [-0.05, 0) is 69.7 Å². The van der Waals surface area contributed by atoms with Crippen molar-refractivity contribution in [3.63, 3.8) is 0 Å². The lowest BCUT2D eigenvalue weighted by molar-refractivity contribution is 0.451. The number of hydrogen-bond acceptors (Lipinski definition) is 2. The van der Waals surface area contributed by atoms with Crippen molar-refractivity contribution in [2.75, 3.05) is 0 Å². The fraction of sp³-hybridized carbons (Fsp3) is 0.455. The molecule has 1 aromatic rings. The molecule has 0 aromatic heterocycles. The van der Waals surface area contributed by atoms with Crippen molar-refractivity contribution in [2.45, 2.75) is 25.3 Å². The Bertz CT molecular complexity index is 382. The summed E-state index contributed by atoms with van der Waals surface area (Å²) in [5, 5.41) is 9.93. The molecule has 5 heteroatoms. The van der Waals surface area contributed by atoms with Crippen LogP contribution in [0.1, 0.15) is 30.9 Å². The van der Waals surface area contributed by atoms with E-state index in [2.05, 4.69) is 45.2 Å². The summed E-state index contributed by atoms with van der Waals surface area (Å²) in [5.41, 5.74) is 7.01. The van der Waals surface area contributed by atoms with Crippen LogP contribution in [-0.4, -0.2) is 5.11 Å². The Morgan fingerprint density at radius 2 is 2.00 bits per heavy atom. The van der Waals surface area contributed by atoms with Gasteiger partial charge < -0.3 is 10.8 Å². The minimum absolute atomic E-state index is 0. The first-order valence-corrected chi connectivity index (χ1v) is 7.17. The molecule has 0 saturated heterocycles. The van der Waals surface area contributed by atoms with Gasteiger partial charge in [0.05, 0.1) is 3.57 Å². The first kappa shape index (κ1) is 14.8. The largest absolute Gasteiger partial charge is 0.506 e. The third kappa shape index (κ3) is 3.61. The van der Waals surface area contributed by atoms with E-state index in [0.29, 0.717) is 5.75 Å². The summed E-state index contributed by atoms with van der Waals surface area (Å²) < 4.78 is 2.02. The lowest BCUT2D eigenvalue weighted by Crippen LogP contribution is -2.11. The monoisotopic (exact) mass is 465 g/mol. The van der Waals surface area contributed by atoms with E-state index >= 15 is 0 Å². The Labute approximate surface area is 129 Å². The zero-order chi connectivity index (χ0) is 11.0. The van der Waals surface area contributed by atoms with Crippen LogP contribution in [-0.2, 0) is 0 Å². The third-order valence-electron chi connectivity index (χ3n) is 2.74. The van der Waals surface area contributed by atoms with Crippen molar-refractivity contribution < 1.29 is 5.11 Å². The van der Waals surface area contributed by atoms with Gasteiger partial charge in [0.25, 0.3) is 0 Å². The summed E-state index contributed by atoms with van der Waals surface area (Å²) in [4.78, 5) is 0. The number of benzene rings is 1. The topological polar surface area (TPSA) is 46.2 Å². The van der Waals surface area contributed by atoms with E-state index in [-0.39, 0.29) is 18.4 Å². The molecular weight excluding hydrogens is 451 g/mol. The number of nitrogens with two attached hydrogens (primary N) is 1. The van der Waals surface area contributed by atoms with Gasteiger partial charge in [0.2, 0.25) is 0 Å². The molecule has 1 saturated carbocycles. The van der Waals surface area contributed by atoms with Gasteiger partial charge in [-0.1, -0.05) is 12.8 Å².